The number of thioether (sulfide) groups is 2. The summed E-state index contributed by atoms with van der Waals surface area (Å²) < 4.78 is 7.34. The summed E-state index contributed by atoms with van der Waals surface area (Å²) >= 11 is 4.52. The second-order valence-electron chi connectivity index (χ2n) is 9.28. The molecular formula is C29H30N4O3S3. The molecule has 4 aromatic rings. The number of benzene rings is 2. The van der Waals surface area contributed by atoms with E-state index in [1.54, 1.807) is 18.7 Å². The summed E-state index contributed by atoms with van der Waals surface area (Å²) in [4.78, 5) is 28.3. The highest BCUT2D eigenvalue weighted by molar-refractivity contribution is 7.99. The van der Waals surface area contributed by atoms with E-state index in [0.29, 0.717) is 34.0 Å². The van der Waals surface area contributed by atoms with Gasteiger partial charge in [-0.2, -0.15) is 0 Å². The van der Waals surface area contributed by atoms with E-state index in [2.05, 4.69) is 34.6 Å². The molecule has 1 unspecified atom stereocenters. The number of ether oxygens (including phenoxy) is 1. The van der Waals surface area contributed by atoms with Crippen LogP contribution in [-0.2, 0) is 28.1 Å². The third-order valence-electron chi connectivity index (χ3n) is 6.40. The summed E-state index contributed by atoms with van der Waals surface area (Å²) in [5.74, 6) is 1.59. The van der Waals surface area contributed by atoms with Gasteiger partial charge in [-0.05, 0) is 61.9 Å². The molecule has 1 N–H and O–H groups in total. The Morgan fingerprint density at radius 1 is 1.08 bits per heavy atom. The Bertz CT molecular complexity index is 1440. The summed E-state index contributed by atoms with van der Waals surface area (Å²) in [7, 11) is 0. The van der Waals surface area contributed by atoms with Gasteiger partial charge in [0, 0.05) is 15.5 Å². The van der Waals surface area contributed by atoms with E-state index >= 15 is 0 Å². The minimum absolute atomic E-state index is 0.137. The largest absolute Gasteiger partial charge is 0.462 e. The van der Waals surface area contributed by atoms with Crippen molar-refractivity contribution >= 4 is 51.7 Å². The number of carbonyl (C=O) groups excluding carboxylic acids is 2. The van der Waals surface area contributed by atoms with E-state index < -0.39 is 0 Å². The summed E-state index contributed by atoms with van der Waals surface area (Å²) in [5, 5.41) is 13.1. The molecule has 5 rings (SSSR count). The van der Waals surface area contributed by atoms with Crippen LogP contribution in [0.15, 0.2) is 70.7 Å². The fourth-order valence-corrected chi connectivity index (χ4v) is 7.56. The number of nitrogens with one attached hydrogen (secondary N) is 1. The number of nitrogens with zero attached hydrogens (tertiary/aromatic N) is 3. The second kappa shape index (κ2) is 12.8. The zero-order valence-corrected chi connectivity index (χ0v) is 24.3. The van der Waals surface area contributed by atoms with E-state index in [4.69, 9.17) is 4.74 Å². The highest BCUT2D eigenvalue weighted by Gasteiger charge is 2.29. The fraction of sp³-hybridized carbons (Fsp3) is 0.310. The van der Waals surface area contributed by atoms with Gasteiger partial charge in [0.15, 0.2) is 5.16 Å². The molecule has 1 amide bonds. The van der Waals surface area contributed by atoms with Crippen molar-refractivity contribution in [2.45, 2.75) is 48.9 Å². The van der Waals surface area contributed by atoms with Crippen molar-refractivity contribution < 1.29 is 14.3 Å². The smallest absolute Gasteiger partial charge is 0.341 e. The molecule has 1 aliphatic carbocycles. The van der Waals surface area contributed by atoms with Crippen LogP contribution in [0.1, 0.15) is 46.9 Å². The number of aromatic nitrogens is 3. The number of para-hydroxylation sites is 1. The van der Waals surface area contributed by atoms with Crippen molar-refractivity contribution in [3.63, 3.8) is 0 Å². The van der Waals surface area contributed by atoms with Gasteiger partial charge in [0.05, 0.1) is 23.7 Å². The molecule has 0 fully saturated rings. The van der Waals surface area contributed by atoms with Gasteiger partial charge in [-0.15, -0.1) is 33.3 Å². The van der Waals surface area contributed by atoms with Gasteiger partial charge in [0.2, 0.25) is 5.91 Å². The van der Waals surface area contributed by atoms with Gasteiger partial charge in [-0.1, -0.05) is 55.1 Å². The predicted molar refractivity (Wildman–Crippen MR) is 158 cm³/mol. The summed E-state index contributed by atoms with van der Waals surface area (Å²) in [6, 6.07) is 20.1. The lowest BCUT2D eigenvalue weighted by Crippen LogP contribution is -2.18. The van der Waals surface area contributed by atoms with Crippen LogP contribution in [0.25, 0.3) is 5.69 Å². The van der Waals surface area contributed by atoms with Gasteiger partial charge in [0.25, 0.3) is 0 Å². The van der Waals surface area contributed by atoms with E-state index in [1.807, 2.05) is 53.1 Å². The number of hydrogen-bond donors (Lipinski definition) is 1. The molecule has 7 nitrogen and oxygen atoms in total. The third kappa shape index (κ3) is 6.57. The van der Waals surface area contributed by atoms with Crippen LogP contribution in [0, 0.1) is 5.92 Å². The molecule has 202 valence electrons. The molecule has 39 heavy (non-hydrogen) atoms. The number of anilines is 1. The summed E-state index contributed by atoms with van der Waals surface area (Å²) in [5.41, 5.74) is 2.50. The zero-order valence-electron chi connectivity index (χ0n) is 21.9. The standard InChI is InChI=1S/C29H30N4O3S3/c1-3-36-28(35)26-22-15-14-19(2)16-23(22)39-27(26)30-25(34)18-38-29-32-31-24(17-37-21-12-8-5-9-13-21)33(29)20-10-6-4-7-11-20/h4-13,19H,3,14-18H2,1-2H3,(H,30,34). The van der Waals surface area contributed by atoms with Crippen molar-refractivity contribution in [3.8, 4) is 5.69 Å². The molecule has 0 radical (unpaired) electrons. The van der Waals surface area contributed by atoms with Gasteiger partial charge >= 0.3 is 5.97 Å². The molecule has 1 atom stereocenters. The van der Waals surface area contributed by atoms with Gasteiger partial charge in [0.1, 0.15) is 10.8 Å². The Kier molecular flexibility index (Phi) is 9.06. The minimum atomic E-state index is -0.364. The van der Waals surface area contributed by atoms with Crippen molar-refractivity contribution in [2.24, 2.45) is 5.92 Å². The second-order valence-corrected chi connectivity index (χ2v) is 12.4. The molecule has 10 heteroatoms. The summed E-state index contributed by atoms with van der Waals surface area (Å²) in [6.45, 7) is 4.31. The van der Waals surface area contributed by atoms with E-state index in [1.165, 1.54) is 28.0 Å². The van der Waals surface area contributed by atoms with Crippen molar-refractivity contribution in [1.82, 2.24) is 14.8 Å². The number of thiophene rings is 1. The molecule has 0 spiro atoms. The first-order valence-corrected chi connectivity index (χ1v) is 15.7. The highest BCUT2D eigenvalue weighted by Crippen LogP contribution is 2.40. The van der Waals surface area contributed by atoms with Crippen molar-refractivity contribution in [1.29, 1.82) is 0 Å². The Morgan fingerprint density at radius 3 is 2.56 bits per heavy atom. The molecule has 2 aromatic heterocycles. The lowest BCUT2D eigenvalue weighted by molar-refractivity contribution is -0.113. The molecule has 2 aromatic carbocycles. The average Bonchev–Trinajstić information content (AvgIpc) is 3.52. The maximum atomic E-state index is 13.1. The topological polar surface area (TPSA) is 86.1 Å². The van der Waals surface area contributed by atoms with E-state index in [0.717, 1.165) is 41.2 Å². The SMILES string of the molecule is CCOC(=O)c1c(NC(=O)CSc2nnc(CSc3ccccc3)n2-c2ccccc2)sc2c1CCC(C)C2. The Hall–Kier alpha value is -3.08. The predicted octanol–water partition coefficient (Wildman–Crippen LogP) is 6.65. The number of fused-ring (bicyclic) bond motifs is 1. The van der Waals surface area contributed by atoms with Crippen LogP contribution in [0.3, 0.4) is 0 Å². The normalized spacial score (nSPS) is 14.6. The molecular weight excluding hydrogens is 549 g/mol. The van der Waals surface area contributed by atoms with Gasteiger partial charge in [-0.25, -0.2) is 4.79 Å². The maximum Gasteiger partial charge on any atom is 0.341 e. The Balaban J connectivity index is 1.32. The van der Waals surface area contributed by atoms with Crippen LogP contribution >= 0.6 is 34.9 Å². The first-order valence-electron chi connectivity index (χ1n) is 12.9. The first-order chi connectivity index (χ1) is 19.0. The van der Waals surface area contributed by atoms with E-state index in [-0.39, 0.29) is 17.6 Å². The lowest BCUT2D eigenvalue weighted by atomic mass is 9.88. The minimum Gasteiger partial charge on any atom is -0.462 e. The van der Waals surface area contributed by atoms with Crippen molar-refractivity contribution in [3.05, 3.63) is 82.5 Å². The van der Waals surface area contributed by atoms with E-state index in [9.17, 15) is 9.59 Å². The Morgan fingerprint density at radius 2 is 1.82 bits per heavy atom. The van der Waals surface area contributed by atoms with Crippen LogP contribution in [0.5, 0.6) is 0 Å². The number of rotatable bonds is 10. The van der Waals surface area contributed by atoms with Crippen LogP contribution in [0.2, 0.25) is 0 Å². The van der Waals surface area contributed by atoms with Crippen LogP contribution < -0.4 is 5.32 Å². The molecule has 1 aliphatic rings. The van der Waals surface area contributed by atoms with Crippen molar-refractivity contribution in [2.75, 3.05) is 17.7 Å². The molecule has 0 saturated heterocycles. The zero-order chi connectivity index (χ0) is 27.2. The Labute approximate surface area is 240 Å². The lowest BCUT2D eigenvalue weighted by Gasteiger charge is -2.18. The summed E-state index contributed by atoms with van der Waals surface area (Å²) in [6.07, 6.45) is 2.77. The highest BCUT2D eigenvalue weighted by atomic mass is 32.2. The monoisotopic (exact) mass is 578 g/mol. The molecule has 2 heterocycles. The van der Waals surface area contributed by atoms with Gasteiger partial charge < -0.3 is 10.1 Å². The average molecular weight is 579 g/mol. The number of amides is 1. The maximum absolute atomic E-state index is 13.1. The number of carbonyl (C=O) groups is 2. The van der Waals surface area contributed by atoms with Gasteiger partial charge in [-0.3, -0.25) is 9.36 Å². The van der Waals surface area contributed by atoms with Crippen LogP contribution in [-0.4, -0.2) is 39.0 Å². The molecule has 0 aliphatic heterocycles. The molecule has 0 bridgehead atoms. The quantitative estimate of drug-likeness (QED) is 0.166. The fourth-order valence-electron chi connectivity index (χ4n) is 4.54. The molecule has 0 saturated carbocycles. The van der Waals surface area contributed by atoms with Crippen LogP contribution in [0.4, 0.5) is 5.00 Å². The number of esters is 1. The number of hydrogen-bond acceptors (Lipinski definition) is 8. The third-order valence-corrected chi connectivity index (χ3v) is 9.51. The first kappa shape index (κ1) is 27.5.